The van der Waals surface area contributed by atoms with Gasteiger partial charge in [0.2, 0.25) is 22.7 Å². The van der Waals surface area contributed by atoms with Crippen LogP contribution in [0.15, 0.2) is 82.0 Å². The number of rotatable bonds is 21. The third-order valence-electron chi connectivity index (χ3n) is 10.6. The van der Waals surface area contributed by atoms with Crippen LogP contribution in [0.1, 0.15) is 63.0 Å². The van der Waals surface area contributed by atoms with Crippen molar-refractivity contribution in [2.75, 3.05) is 49.8 Å². The Bertz CT molecular complexity index is 2790. The molecule has 1 atom stereocenters. The van der Waals surface area contributed by atoms with Crippen LogP contribution < -0.4 is 19.6 Å². The number of benzene rings is 3. The molecule has 1 aliphatic carbocycles. The summed E-state index contributed by atoms with van der Waals surface area (Å²) < 4.78 is 178. The summed E-state index contributed by atoms with van der Waals surface area (Å²) in [7, 11) is -12.5. The maximum absolute atomic E-state index is 14.1. The van der Waals surface area contributed by atoms with E-state index in [0.717, 1.165) is 6.07 Å². The Balaban J connectivity index is 1.46. The fourth-order valence-corrected chi connectivity index (χ4v) is 9.00. The van der Waals surface area contributed by atoms with Crippen molar-refractivity contribution >= 4 is 48.1 Å². The highest BCUT2D eigenvalue weighted by atomic mass is 32.2. The molecule has 0 N–H and O–H groups in total. The van der Waals surface area contributed by atoms with Crippen LogP contribution >= 0.6 is 0 Å². The highest BCUT2D eigenvalue weighted by Crippen LogP contribution is 2.51. The number of anilines is 1. The zero-order chi connectivity index (χ0) is 47.0. The largest absolute Gasteiger partial charge is 0.748 e. The SMILES string of the molecule is COCC[N+](CCCS(=O)(=O)[O-])=c1ccc2c(/C=C/C=C3/N(CCCCCC(=O)Oc4c(F)c(F)cc(F)c4F)c4ccc(S(=O)(=O)[O-])cc4C3(C)CCCS(=O)(=O)[O-])ccoc-2c1. The zero-order valence-corrected chi connectivity index (χ0v) is 37.0. The highest BCUT2D eigenvalue weighted by Gasteiger charge is 2.43. The van der Waals surface area contributed by atoms with Gasteiger partial charge in [0.05, 0.1) is 37.5 Å². The number of carbonyl (C=O) groups is 1. The number of esters is 1. The molecule has 64 heavy (non-hydrogen) atoms. The summed E-state index contributed by atoms with van der Waals surface area (Å²) in [4.78, 5) is 13.7. The van der Waals surface area contributed by atoms with E-state index in [0.29, 0.717) is 65.2 Å². The summed E-state index contributed by atoms with van der Waals surface area (Å²) in [6.45, 7) is 2.88. The van der Waals surface area contributed by atoms with E-state index in [1.54, 1.807) is 49.4 Å². The molecule has 0 fully saturated rings. The van der Waals surface area contributed by atoms with Gasteiger partial charge in [-0.2, -0.15) is 8.78 Å². The first kappa shape index (κ1) is 50.0. The molecular formula is C42H44F4N2O13S3-2. The van der Waals surface area contributed by atoms with Gasteiger partial charge in [-0.25, -0.2) is 38.6 Å². The van der Waals surface area contributed by atoms with E-state index >= 15 is 0 Å². The van der Waals surface area contributed by atoms with Gasteiger partial charge in [0.15, 0.2) is 18.2 Å². The number of carbonyl (C=O) groups excluding carboxylic acids is 1. The number of ether oxygens (including phenoxy) is 2. The van der Waals surface area contributed by atoms with Gasteiger partial charge in [-0.1, -0.05) is 18.6 Å². The van der Waals surface area contributed by atoms with Gasteiger partial charge in [-0.3, -0.25) is 4.79 Å². The number of hydrogen-bond donors (Lipinski definition) is 0. The molecule has 15 nitrogen and oxygen atoms in total. The monoisotopic (exact) mass is 956 g/mol. The van der Waals surface area contributed by atoms with Crippen LogP contribution in [-0.2, 0) is 45.3 Å². The van der Waals surface area contributed by atoms with E-state index < -0.39 is 87.2 Å². The van der Waals surface area contributed by atoms with Crippen LogP contribution in [0.4, 0.5) is 23.2 Å². The second kappa shape index (κ2) is 20.9. The highest BCUT2D eigenvalue weighted by molar-refractivity contribution is 7.86. The Hall–Kier alpha value is -4.97. The normalized spacial score (nSPS) is 16.8. The lowest BCUT2D eigenvalue weighted by Gasteiger charge is -2.31. The van der Waals surface area contributed by atoms with E-state index in [1.807, 2.05) is 9.48 Å². The molecule has 5 rings (SSSR count). The average Bonchev–Trinajstić information content (AvgIpc) is 3.44. The average molecular weight is 957 g/mol. The molecule has 0 radical (unpaired) electrons. The van der Waals surface area contributed by atoms with Crippen molar-refractivity contribution in [3.05, 3.63) is 112 Å². The third-order valence-corrected chi connectivity index (χ3v) is 13.0. The summed E-state index contributed by atoms with van der Waals surface area (Å²) in [5, 5.41) is 0.677. The molecule has 0 saturated heterocycles. The number of methoxy groups -OCH3 is 1. The zero-order valence-electron chi connectivity index (χ0n) is 34.6. The lowest BCUT2D eigenvalue weighted by Crippen LogP contribution is -2.34. The molecule has 348 valence electrons. The minimum absolute atomic E-state index is 0.0221. The van der Waals surface area contributed by atoms with Gasteiger partial charge in [-0.05, 0) is 80.1 Å². The van der Waals surface area contributed by atoms with E-state index in [-0.39, 0.29) is 51.3 Å². The van der Waals surface area contributed by atoms with Crippen LogP contribution in [0.2, 0.25) is 0 Å². The summed E-state index contributed by atoms with van der Waals surface area (Å²) >= 11 is 0. The smallest absolute Gasteiger partial charge is 0.311 e. The van der Waals surface area contributed by atoms with Crippen molar-refractivity contribution in [2.45, 2.75) is 62.2 Å². The van der Waals surface area contributed by atoms with Gasteiger partial charge < -0.3 is 32.4 Å². The minimum atomic E-state index is -4.95. The van der Waals surface area contributed by atoms with Gasteiger partial charge in [-0.15, -0.1) is 0 Å². The van der Waals surface area contributed by atoms with Crippen LogP contribution in [0.3, 0.4) is 0 Å². The summed E-state index contributed by atoms with van der Waals surface area (Å²) in [5.74, 6) is -10.7. The number of nitrogens with zero attached hydrogens (tertiary/aromatic N) is 2. The van der Waals surface area contributed by atoms with Crippen LogP contribution in [0, 0.1) is 23.3 Å². The lowest BCUT2D eigenvalue weighted by atomic mass is 9.77. The topological polar surface area (TPSA) is 227 Å². The Morgan fingerprint density at radius 3 is 2.19 bits per heavy atom. The predicted molar refractivity (Wildman–Crippen MR) is 222 cm³/mol. The second-order valence-electron chi connectivity index (χ2n) is 15.1. The Morgan fingerprint density at radius 2 is 1.53 bits per heavy atom. The van der Waals surface area contributed by atoms with E-state index in [9.17, 15) is 61.3 Å². The number of halogens is 4. The molecule has 0 spiro atoms. The quantitative estimate of drug-likeness (QED) is 0.0195. The Kier molecular flexibility index (Phi) is 16.3. The van der Waals surface area contributed by atoms with Gasteiger partial charge in [0.1, 0.15) is 29.0 Å². The molecular weight excluding hydrogens is 913 g/mol. The standard InChI is InChI=1S/C42H46F4N2O13S3/c1-42(17-7-23-62(50,51)52)32-26-30(64(56,57)58)13-15-35(32)48(19-5-3-4-11-38(49)61-41-39(45)33(43)27-34(44)40(41)46)37(42)10-6-9-28-16-21-60-36-25-29(12-14-31(28)36)47(20-22-59-2)18-8-24-63(53,54)55/h6,9-10,12-16,21,25-27H,3-5,7-8,11,17-20,22-24H2,1-2H3,(H2-,50,51,52,53,54,55,56,57,58)/p-2. The first-order chi connectivity index (χ1) is 30.0. The summed E-state index contributed by atoms with van der Waals surface area (Å²) in [6, 6.07) is 10.8. The summed E-state index contributed by atoms with van der Waals surface area (Å²) in [6.07, 6.45) is 6.95. The molecule has 0 bridgehead atoms. The second-order valence-corrected chi connectivity index (χ2v) is 19.6. The van der Waals surface area contributed by atoms with Crippen LogP contribution in [0.25, 0.3) is 17.4 Å². The van der Waals surface area contributed by atoms with Crippen molar-refractivity contribution in [2.24, 2.45) is 0 Å². The van der Waals surface area contributed by atoms with Crippen molar-refractivity contribution in [3.63, 3.8) is 0 Å². The van der Waals surface area contributed by atoms with Crippen LogP contribution in [0.5, 0.6) is 5.75 Å². The predicted octanol–water partition coefficient (Wildman–Crippen LogP) is 5.37. The van der Waals surface area contributed by atoms with Crippen molar-refractivity contribution in [1.82, 2.24) is 4.58 Å². The molecule has 2 heterocycles. The lowest BCUT2D eigenvalue weighted by molar-refractivity contribution is -0.135. The van der Waals surface area contributed by atoms with Gasteiger partial charge in [0, 0.05) is 72.5 Å². The van der Waals surface area contributed by atoms with Crippen LogP contribution in [-0.4, -0.2) is 89.7 Å². The molecule has 1 unspecified atom stereocenters. The molecule has 2 aromatic carbocycles. The van der Waals surface area contributed by atoms with Crippen molar-refractivity contribution < 1.29 is 75.2 Å². The molecule has 0 aromatic heterocycles. The van der Waals surface area contributed by atoms with E-state index in [2.05, 4.69) is 4.74 Å². The Labute approximate surface area is 367 Å². The number of fused-ring (bicyclic) bond motifs is 2. The first-order valence-corrected chi connectivity index (χ1v) is 24.3. The molecule has 2 aromatic rings. The minimum Gasteiger partial charge on any atom is -0.748 e. The first-order valence-electron chi connectivity index (χ1n) is 19.8. The molecule has 3 aliphatic rings. The van der Waals surface area contributed by atoms with E-state index in [4.69, 9.17) is 9.15 Å². The summed E-state index contributed by atoms with van der Waals surface area (Å²) in [5.41, 5.74) is 1.55. The van der Waals surface area contributed by atoms with Crippen molar-refractivity contribution in [3.8, 4) is 17.1 Å². The van der Waals surface area contributed by atoms with Gasteiger partial charge >= 0.3 is 5.97 Å². The molecule has 22 heteroatoms. The fraction of sp³-hybridized carbons (Fsp3) is 0.381. The van der Waals surface area contributed by atoms with Gasteiger partial charge in [0.25, 0.3) is 0 Å². The number of unbranched alkanes of at least 4 members (excludes halogenated alkanes) is 2. The maximum Gasteiger partial charge on any atom is 0.311 e. The number of allylic oxidation sites excluding steroid dienone is 3. The maximum atomic E-state index is 14.1. The molecule has 0 amide bonds. The molecule has 0 saturated carbocycles. The van der Waals surface area contributed by atoms with E-state index in [1.165, 1.54) is 25.5 Å². The fourth-order valence-electron chi connectivity index (χ4n) is 7.52. The van der Waals surface area contributed by atoms with Crippen molar-refractivity contribution in [1.29, 1.82) is 0 Å². The Morgan fingerprint density at radius 1 is 0.844 bits per heavy atom. The third kappa shape index (κ3) is 12.9. The number of hydrogen-bond acceptors (Lipinski definition) is 14. The molecule has 2 aliphatic heterocycles.